The van der Waals surface area contributed by atoms with Crippen molar-refractivity contribution in [2.45, 2.75) is 32.2 Å². The number of rotatable bonds is 3. The highest BCUT2D eigenvalue weighted by Crippen LogP contribution is 2.24. The van der Waals surface area contributed by atoms with E-state index in [1.165, 1.54) is 0 Å². The third-order valence-electron chi connectivity index (χ3n) is 3.49. The number of likely N-dealkylation sites (tertiary alicyclic amines) is 1. The van der Waals surface area contributed by atoms with E-state index in [-0.39, 0.29) is 11.9 Å². The number of nitrogen functional groups attached to an aromatic ring is 1. The lowest BCUT2D eigenvalue weighted by Gasteiger charge is -2.34. The maximum Gasteiger partial charge on any atom is 0.328 e. The highest BCUT2D eigenvalue weighted by atomic mass is 79.9. The molecular weight excluding hydrogens is 336 g/mol. The van der Waals surface area contributed by atoms with Crippen molar-refractivity contribution in [2.75, 3.05) is 18.9 Å². The molecule has 1 aromatic rings. The fraction of sp³-hybridized carbons (Fsp3) is 0.467. The Kier molecular flexibility index (Phi) is 5.22. The monoisotopic (exact) mass is 354 g/mol. The van der Waals surface area contributed by atoms with Crippen LogP contribution in [0.5, 0.6) is 0 Å². The number of carbonyl (C=O) groups is 2. The summed E-state index contributed by atoms with van der Waals surface area (Å²) < 4.78 is 5.82. The molecule has 6 heteroatoms. The molecule has 1 aliphatic rings. The molecule has 21 heavy (non-hydrogen) atoms. The van der Waals surface area contributed by atoms with E-state index >= 15 is 0 Å². The lowest BCUT2D eigenvalue weighted by molar-refractivity contribution is -0.149. The highest BCUT2D eigenvalue weighted by molar-refractivity contribution is 9.10. The Morgan fingerprint density at radius 1 is 1.38 bits per heavy atom. The average molecular weight is 355 g/mol. The zero-order valence-electron chi connectivity index (χ0n) is 12.0. The summed E-state index contributed by atoms with van der Waals surface area (Å²) in [5.41, 5.74) is 6.77. The summed E-state index contributed by atoms with van der Waals surface area (Å²) in [6.07, 6.45) is 2.47. The molecule has 0 aliphatic carbocycles. The van der Waals surface area contributed by atoms with Gasteiger partial charge in [-0.05, 0) is 44.4 Å². The smallest absolute Gasteiger partial charge is 0.328 e. The van der Waals surface area contributed by atoms with Gasteiger partial charge in [-0.3, -0.25) is 4.79 Å². The zero-order valence-corrected chi connectivity index (χ0v) is 13.6. The van der Waals surface area contributed by atoms with Crippen LogP contribution in [-0.2, 0) is 9.53 Å². The van der Waals surface area contributed by atoms with Crippen LogP contribution in [-0.4, -0.2) is 36.0 Å². The third-order valence-corrected chi connectivity index (χ3v) is 3.95. The van der Waals surface area contributed by atoms with E-state index in [0.29, 0.717) is 30.8 Å². The van der Waals surface area contributed by atoms with E-state index in [0.717, 1.165) is 17.3 Å². The molecule has 1 heterocycles. The second-order valence-electron chi connectivity index (χ2n) is 5.04. The lowest BCUT2D eigenvalue weighted by atomic mass is 10.0. The van der Waals surface area contributed by atoms with Crippen molar-refractivity contribution in [1.82, 2.24) is 4.90 Å². The molecule has 0 radical (unpaired) electrons. The summed E-state index contributed by atoms with van der Waals surface area (Å²) in [4.78, 5) is 26.3. The molecule has 1 amide bonds. The maximum absolute atomic E-state index is 12.7. The van der Waals surface area contributed by atoms with Crippen molar-refractivity contribution >= 4 is 33.5 Å². The van der Waals surface area contributed by atoms with E-state index in [2.05, 4.69) is 15.9 Å². The Morgan fingerprint density at radius 3 is 2.81 bits per heavy atom. The number of nitrogens with zero attached hydrogens (tertiary/aromatic N) is 1. The Labute approximate surface area is 132 Å². The van der Waals surface area contributed by atoms with Crippen LogP contribution in [0.3, 0.4) is 0 Å². The summed E-state index contributed by atoms with van der Waals surface area (Å²) >= 11 is 3.33. The molecule has 0 bridgehead atoms. The van der Waals surface area contributed by atoms with E-state index < -0.39 is 6.04 Å². The normalized spacial score (nSPS) is 18.4. The van der Waals surface area contributed by atoms with Crippen LogP contribution >= 0.6 is 15.9 Å². The molecule has 114 valence electrons. The van der Waals surface area contributed by atoms with Crippen LogP contribution in [0, 0.1) is 0 Å². The van der Waals surface area contributed by atoms with Crippen molar-refractivity contribution in [3.8, 4) is 0 Å². The predicted octanol–water partition coefficient (Wildman–Crippen LogP) is 2.59. The Hall–Kier alpha value is -1.56. The van der Waals surface area contributed by atoms with Crippen LogP contribution < -0.4 is 5.73 Å². The number of esters is 1. The Morgan fingerprint density at radius 2 is 2.14 bits per heavy atom. The number of anilines is 1. The van der Waals surface area contributed by atoms with Crippen LogP contribution in [0.1, 0.15) is 36.5 Å². The first-order valence-electron chi connectivity index (χ1n) is 7.06. The van der Waals surface area contributed by atoms with Crippen LogP contribution in [0.4, 0.5) is 5.69 Å². The summed E-state index contributed by atoms with van der Waals surface area (Å²) in [6, 6.07) is 4.58. The van der Waals surface area contributed by atoms with Crippen LogP contribution in [0.2, 0.25) is 0 Å². The van der Waals surface area contributed by atoms with Gasteiger partial charge in [0.15, 0.2) is 0 Å². The largest absolute Gasteiger partial charge is 0.464 e. The van der Waals surface area contributed by atoms with Gasteiger partial charge in [0.25, 0.3) is 5.91 Å². The quantitative estimate of drug-likeness (QED) is 0.668. The van der Waals surface area contributed by atoms with E-state index in [4.69, 9.17) is 10.5 Å². The van der Waals surface area contributed by atoms with Gasteiger partial charge in [-0.2, -0.15) is 0 Å². The molecule has 0 spiro atoms. The number of hydrogen-bond acceptors (Lipinski definition) is 4. The van der Waals surface area contributed by atoms with Gasteiger partial charge in [-0.15, -0.1) is 0 Å². The first-order valence-corrected chi connectivity index (χ1v) is 7.86. The van der Waals surface area contributed by atoms with Gasteiger partial charge in [-0.25, -0.2) is 4.79 Å². The Bertz CT molecular complexity index is 527. The topological polar surface area (TPSA) is 72.6 Å². The van der Waals surface area contributed by atoms with Gasteiger partial charge >= 0.3 is 5.97 Å². The number of amides is 1. The number of ether oxygens (including phenoxy) is 1. The van der Waals surface area contributed by atoms with Gasteiger partial charge < -0.3 is 15.4 Å². The molecule has 1 atom stereocenters. The van der Waals surface area contributed by atoms with Crippen LogP contribution in [0.25, 0.3) is 0 Å². The van der Waals surface area contributed by atoms with Gasteiger partial charge in [0.2, 0.25) is 0 Å². The summed E-state index contributed by atoms with van der Waals surface area (Å²) in [6.45, 7) is 2.65. The molecule has 1 unspecified atom stereocenters. The predicted molar refractivity (Wildman–Crippen MR) is 83.9 cm³/mol. The molecule has 2 rings (SSSR count). The van der Waals surface area contributed by atoms with Crippen LogP contribution in [0.15, 0.2) is 22.7 Å². The molecule has 1 aliphatic heterocycles. The molecule has 0 saturated carbocycles. The standard InChI is InChI=1S/C15H19BrN2O3/c1-2-21-15(20)13-5-3-4-6-18(13)14(19)10-7-11(16)9-12(17)8-10/h7-9,13H,2-6,17H2,1H3. The molecule has 5 nitrogen and oxygen atoms in total. The first kappa shape index (κ1) is 15.8. The van der Waals surface area contributed by atoms with Crippen molar-refractivity contribution in [2.24, 2.45) is 0 Å². The maximum atomic E-state index is 12.7. The molecule has 1 saturated heterocycles. The highest BCUT2D eigenvalue weighted by Gasteiger charge is 2.33. The summed E-state index contributed by atoms with van der Waals surface area (Å²) in [7, 11) is 0. The van der Waals surface area contributed by atoms with Gasteiger partial charge in [0.05, 0.1) is 6.61 Å². The number of benzene rings is 1. The molecule has 2 N–H and O–H groups in total. The average Bonchev–Trinajstić information content (AvgIpc) is 2.45. The molecule has 0 aromatic heterocycles. The number of nitrogens with two attached hydrogens (primary N) is 1. The molecular formula is C15H19BrN2O3. The molecule has 1 aromatic carbocycles. The minimum absolute atomic E-state index is 0.180. The summed E-state index contributed by atoms with van der Waals surface area (Å²) in [5, 5.41) is 0. The fourth-order valence-corrected chi connectivity index (χ4v) is 3.07. The van der Waals surface area contributed by atoms with E-state index in [9.17, 15) is 9.59 Å². The summed E-state index contributed by atoms with van der Waals surface area (Å²) in [5.74, 6) is -0.505. The number of halogens is 1. The van der Waals surface area contributed by atoms with Crippen molar-refractivity contribution < 1.29 is 14.3 Å². The van der Waals surface area contributed by atoms with Crippen molar-refractivity contribution in [1.29, 1.82) is 0 Å². The minimum atomic E-state index is -0.494. The zero-order chi connectivity index (χ0) is 15.4. The number of hydrogen-bond donors (Lipinski definition) is 1. The van der Waals surface area contributed by atoms with E-state index in [1.54, 1.807) is 30.0 Å². The fourth-order valence-electron chi connectivity index (χ4n) is 2.56. The van der Waals surface area contributed by atoms with E-state index in [1.807, 2.05) is 0 Å². The van der Waals surface area contributed by atoms with Gasteiger partial charge in [0.1, 0.15) is 6.04 Å². The second kappa shape index (κ2) is 6.93. The SMILES string of the molecule is CCOC(=O)C1CCCCN1C(=O)c1cc(N)cc(Br)c1. The first-order chi connectivity index (χ1) is 10.0. The Balaban J connectivity index is 2.24. The number of piperidine rings is 1. The lowest BCUT2D eigenvalue weighted by Crippen LogP contribution is -2.48. The van der Waals surface area contributed by atoms with Gasteiger partial charge in [0, 0.05) is 22.3 Å². The number of carbonyl (C=O) groups excluding carboxylic acids is 2. The van der Waals surface area contributed by atoms with Crippen molar-refractivity contribution in [3.05, 3.63) is 28.2 Å². The molecule has 1 fully saturated rings. The van der Waals surface area contributed by atoms with Gasteiger partial charge in [-0.1, -0.05) is 15.9 Å². The second-order valence-corrected chi connectivity index (χ2v) is 5.95. The third kappa shape index (κ3) is 3.75. The van der Waals surface area contributed by atoms with Crippen molar-refractivity contribution in [3.63, 3.8) is 0 Å². The minimum Gasteiger partial charge on any atom is -0.464 e.